The number of nitrogens with zero attached hydrogens (tertiary/aromatic N) is 2. The Morgan fingerprint density at radius 3 is 2.39 bits per heavy atom. The van der Waals surface area contributed by atoms with Crippen molar-refractivity contribution in [2.45, 2.75) is 40.5 Å². The zero-order valence-electron chi connectivity index (χ0n) is 17.4. The van der Waals surface area contributed by atoms with Crippen LogP contribution in [0.5, 0.6) is 0 Å². The number of carbonyl (C=O) groups excluding carboxylic acids is 1. The van der Waals surface area contributed by atoms with Crippen molar-refractivity contribution in [3.8, 4) is 0 Å². The van der Waals surface area contributed by atoms with Crippen LogP contribution >= 0.6 is 0 Å². The fourth-order valence-electron chi connectivity index (χ4n) is 3.62. The molecule has 0 radical (unpaired) electrons. The Balaban J connectivity index is 1.86. The molecule has 1 aromatic heterocycles. The molecule has 1 amide bonds. The van der Waals surface area contributed by atoms with E-state index in [9.17, 15) is 4.79 Å². The Hall–Kier alpha value is -2.94. The second-order valence-corrected chi connectivity index (χ2v) is 7.44. The molecular formula is C25H28N2O. The molecule has 0 aliphatic carbocycles. The van der Waals surface area contributed by atoms with Gasteiger partial charge in [-0.15, -0.1) is 0 Å². The summed E-state index contributed by atoms with van der Waals surface area (Å²) in [6.07, 6.45) is 3.64. The van der Waals surface area contributed by atoms with Crippen molar-refractivity contribution < 1.29 is 4.79 Å². The van der Waals surface area contributed by atoms with E-state index in [1.807, 2.05) is 51.4 Å². The quantitative estimate of drug-likeness (QED) is 0.598. The average Bonchev–Trinajstić information content (AvgIpc) is 2.68. The van der Waals surface area contributed by atoms with E-state index in [0.29, 0.717) is 0 Å². The Kier molecular flexibility index (Phi) is 5.93. The molecule has 2 aromatic carbocycles. The molecule has 144 valence electrons. The first-order valence-corrected chi connectivity index (χ1v) is 9.78. The van der Waals surface area contributed by atoms with Crippen LogP contribution < -0.4 is 4.90 Å². The number of rotatable bonds is 5. The first kappa shape index (κ1) is 19.8. The number of carbonyl (C=O) groups is 1. The second kappa shape index (κ2) is 8.39. The van der Waals surface area contributed by atoms with Crippen LogP contribution in [0.25, 0.3) is 0 Å². The fourth-order valence-corrected chi connectivity index (χ4v) is 3.62. The van der Waals surface area contributed by atoms with Crippen molar-refractivity contribution in [1.29, 1.82) is 0 Å². The van der Waals surface area contributed by atoms with Gasteiger partial charge in [-0.3, -0.25) is 9.78 Å². The van der Waals surface area contributed by atoms with Gasteiger partial charge in [0.15, 0.2) is 0 Å². The highest BCUT2D eigenvalue weighted by molar-refractivity contribution is 6.06. The third-order valence-corrected chi connectivity index (χ3v) is 5.30. The molecule has 0 fully saturated rings. The van der Waals surface area contributed by atoms with Crippen LogP contribution in [0, 0.1) is 20.8 Å². The molecule has 0 spiro atoms. The summed E-state index contributed by atoms with van der Waals surface area (Å²) in [6, 6.07) is 16.4. The molecule has 0 saturated carbocycles. The van der Waals surface area contributed by atoms with Crippen LogP contribution in [-0.4, -0.2) is 17.9 Å². The number of benzene rings is 2. The van der Waals surface area contributed by atoms with E-state index < -0.39 is 0 Å². The van der Waals surface area contributed by atoms with Crippen molar-refractivity contribution in [1.82, 2.24) is 4.98 Å². The van der Waals surface area contributed by atoms with Gasteiger partial charge in [-0.2, -0.15) is 0 Å². The lowest BCUT2D eigenvalue weighted by Gasteiger charge is -2.21. The summed E-state index contributed by atoms with van der Waals surface area (Å²) in [4.78, 5) is 19.3. The minimum absolute atomic E-state index is 0.0114. The lowest BCUT2D eigenvalue weighted by Crippen LogP contribution is -2.27. The van der Waals surface area contributed by atoms with Gasteiger partial charge in [0.1, 0.15) is 0 Å². The Labute approximate surface area is 168 Å². The smallest absolute Gasteiger partial charge is 0.258 e. The first-order chi connectivity index (χ1) is 13.4. The van der Waals surface area contributed by atoms with E-state index in [1.54, 1.807) is 4.90 Å². The molecule has 28 heavy (non-hydrogen) atoms. The number of aromatic nitrogens is 1. The van der Waals surface area contributed by atoms with Crippen LogP contribution in [0.4, 0.5) is 5.69 Å². The van der Waals surface area contributed by atoms with E-state index in [-0.39, 0.29) is 5.91 Å². The summed E-state index contributed by atoms with van der Waals surface area (Å²) in [6.45, 7) is 8.31. The van der Waals surface area contributed by atoms with Crippen LogP contribution in [0.15, 0.2) is 54.7 Å². The Morgan fingerprint density at radius 1 is 0.964 bits per heavy atom. The van der Waals surface area contributed by atoms with Crippen molar-refractivity contribution in [2.75, 3.05) is 11.9 Å². The lowest BCUT2D eigenvalue weighted by atomic mass is 9.98. The van der Waals surface area contributed by atoms with Crippen molar-refractivity contribution in [2.24, 2.45) is 0 Å². The van der Waals surface area contributed by atoms with E-state index in [4.69, 9.17) is 0 Å². The van der Waals surface area contributed by atoms with Gasteiger partial charge in [0.05, 0.1) is 11.9 Å². The maximum absolute atomic E-state index is 12.9. The molecule has 0 N–H and O–H groups in total. The zero-order valence-corrected chi connectivity index (χ0v) is 17.4. The SMILES string of the molecule is CCc1ccc(C)cc1Cc1cc(C)c(N(C)C(=O)c2ccccc2C)cn1. The number of anilines is 1. The number of hydrogen-bond acceptors (Lipinski definition) is 2. The fraction of sp³-hybridized carbons (Fsp3) is 0.280. The molecule has 3 heteroatoms. The predicted molar refractivity (Wildman–Crippen MR) is 116 cm³/mol. The first-order valence-electron chi connectivity index (χ1n) is 9.78. The number of amides is 1. The standard InChI is InChI=1S/C25H28N2O/c1-6-20-12-11-17(2)13-21(20)15-22-14-19(4)24(16-26-22)27(5)25(28)23-10-8-7-9-18(23)3/h7-14,16H,6,15H2,1-5H3. The molecule has 0 unspecified atom stereocenters. The number of aryl methyl sites for hydroxylation is 4. The van der Waals surface area contributed by atoms with E-state index >= 15 is 0 Å². The normalized spacial score (nSPS) is 10.8. The van der Waals surface area contributed by atoms with Gasteiger partial charge in [-0.1, -0.05) is 48.9 Å². The summed E-state index contributed by atoms with van der Waals surface area (Å²) in [5, 5.41) is 0. The minimum atomic E-state index is -0.0114. The number of hydrogen-bond donors (Lipinski definition) is 0. The van der Waals surface area contributed by atoms with Crippen LogP contribution in [0.3, 0.4) is 0 Å². The topological polar surface area (TPSA) is 33.2 Å². The van der Waals surface area contributed by atoms with E-state index in [1.165, 1.54) is 16.7 Å². The van der Waals surface area contributed by atoms with Gasteiger partial charge < -0.3 is 4.90 Å². The molecule has 1 heterocycles. The molecular weight excluding hydrogens is 344 g/mol. The maximum Gasteiger partial charge on any atom is 0.258 e. The monoisotopic (exact) mass is 372 g/mol. The highest BCUT2D eigenvalue weighted by Gasteiger charge is 2.17. The molecule has 0 saturated heterocycles. The molecule has 0 bridgehead atoms. The minimum Gasteiger partial charge on any atom is -0.310 e. The summed E-state index contributed by atoms with van der Waals surface area (Å²) in [5.74, 6) is -0.0114. The van der Waals surface area contributed by atoms with Gasteiger partial charge in [0, 0.05) is 24.7 Å². The molecule has 3 nitrogen and oxygen atoms in total. The highest BCUT2D eigenvalue weighted by Crippen LogP contribution is 2.23. The van der Waals surface area contributed by atoms with Gasteiger partial charge in [0.25, 0.3) is 5.91 Å². The second-order valence-electron chi connectivity index (χ2n) is 7.44. The molecule has 0 atom stereocenters. The van der Waals surface area contributed by atoms with Gasteiger partial charge >= 0.3 is 0 Å². The average molecular weight is 373 g/mol. The van der Waals surface area contributed by atoms with E-state index in [2.05, 4.69) is 43.1 Å². The highest BCUT2D eigenvalue weighted by atomic mass is 16.2. The largest absolute Gasteiger partial charge is 0.310 e. The molecule has 3 aromatic rings. The van der Waals surface area contributed by atoms with Crippen molar-refractivity contribution in [3.05, 3.63) is 93.8 Å². The predicted octanol–water partition coefficient (Wildman–Crippen LogP) is 5.44. The van der Waals surface area contributed by atoms with Crippen LogP contribution in [-0.2, 0) is 12.8 Å². The summed E-state index contributed by atoms with van der Waals surface area (Å²) < 4.78 is 0. The summed E-state index contributed by atoms with van der Waals surface area (Å²) >= 11 is 0. The Bertz CT molecular complexity index is 1010. The van der Waals surface area contributed by atoms with Gasteiger partial charge in [-0.05, 0) is 61.6 Å². The Morgan fingerprint density at radius 2 is 1.71 bits per heavy atom. The van der Waals surface area contributed by atoms with Crippen LogP contribution in [0.1, 0.15) is 50.8 Å². The third-order valence-electron chi connectivity index (χ3n) is 5.30. The van der Waals surface area contributed by atoms with Crippen LogP contribution in [0.2, 0.25) is 0 Å². The van der Waals surface area contributed by atoms with Crippen molar-refractivity contribution in [3.63, 3.8) is 0 Å². The maximum atomic E-state index is 12.9. The van der Waals surface area contributed by atoms with E-state index in [0.717, 1.165) is 40.9 Å². The van der Waals surface area contributed by atoms with Gasteiger partial charge in [-0.25, -0.2) is 0 Å². The molecule has 3 rings (SSSR count). The lowest BCUT2D eigenvalue weighted by molar-refractivity contribution is 0.0992. The zero-order chi connectivity index (χ0) is 20.3. The molecule has 0 aliphatic heterocycles. The third kappa shape index (κ3) is 4.14. The summed E-state index contributed by atoms with van der Waals surface area (Å²) in [5.41, 5.74) is 8.58. The number of pyridine rings is 1. The van der Waals surface area contributed by atoms with Gasteiger partial charge in [0.2, 0.25) is 0 Å². The van der Waals surface area contributed by atoms with Crippen molar-refractivity contribution >= 4 is 11.6 Å². The summed E-state index contributed by atoms with van der Waals surface area (Å²) in [7, 11) is 1.81. The molecule has 0 aliphatic rings.